The third-order valence-electron chi connectivity index (χ3n) is 3.92. The van der Waals surface area contributed by atoms with Crippen LogP contribution in [0.5, 0.6) is 5.75 Å². The van der Waals surface area contributed by atoms with E-state index in [4.69, 9.17) is 10.6 Å². The molecule has 1 amide bonds. The number of para-hydroxylation sites is 2. The van der Waals surface area contributed by atoms with E-state index in [0.29, 0.717) is 10.9 Å². The van der Waals surface area contributed by atoms with E-state index in [1.807, 2.05) is 55.5 Å². The molecular formula is C19H21N7O2S. The second-order valence-electron chi connectivity index (χ2n) is 5.94. The zero-order chi connectivity index (χ0) is 20.6. The topological polar surface area (TPSA) is 119 Å². The molecule has 0 saturated carbocycles. The minimum atomic E-state index is -0.156. The maximum Gasteiger partial charge on any atom is 0.264 e. The number of methoxy groups -OCH3 is 1. The van der Waals surface area contributed by atoms with E-state index in [2.05, 4.69) is 26.0 Å². The Morgan fingerprint density at radius 1 is 1.24 bits per heavy atom. The van der Waals surface area contributed by atoms with Gasteiger partial charge in [-0.2, -0.15) is 5.10 Å². The number of aryl methyl sites for hydroxylation is 1. The van der Waals surface area contributed by atoms with Crippen molar-refractivity contribution in [1.29, 1.82) is 0 Å². The lowest BCUT2D eigenvalue weighted by molar-refractivity contribution is -0.113. The summed E-state index contributed by atoms with van der Waals surface area (Å²) in [5.74, 6) is 6.92. The van der Waals surface area contributed by atoms with Gasteiger partial charge in [0.15, 0.2) is 0 Å². The van der Waals surface area contributed by atoms with E-state index < -0.39 is 0 Å². The molecule has 29 heavy (non-hydrogen) atoms. The number of hydrazone groups is 1. The molecule has 0 aliphatic carbocycles. The number of anilines is 2. The Bertz CT molecular complexity index is 1020. The standard InChI is InChI=1S/C19H21N7O2S/c1-13-7-3-5-9-15(13)22-17(27)12-29-19-25-24-18(26(19)20)23-21-11-14-8-4-6-10-16(14)28-2/h3-11H,12,20H2,1-2H3,(H,22,27)(H,23,24)/b21-11+. The number of hydrogen-bond donors (Lipinski definition) is 3. The number of nitrogens with one attached hydrogen (secondary N) is 2. The molecule has 4 N–H and O–H groups in total. The third kappa shape index (κ3) is 5.26. The number of nitrogens with zero attached hydrogens (tertiary/aromatic N) is 4. The van der Waals surface area contributed by atoms with E-state index in [1.165, 1.54) is 16.4 Å². The first-order valence-electron chi connectivity index (χ1n) is 8.69. The lowest BCUT2D eigenvalue weighted by atomic mass is 10.2. The fraction of sp³-hybridized carbons (Fsp3) is 0.158. The molecule has 0 radical (unpaired) electrons. The summed E-state index contributed by atoms with van der Waals surface area (Å²) >= 11 is 1.18. The van der Waals surface area contributed by atoms with Crippen LogP contribution >= 0.6 is 11.8 Å². The number of nitrogen functional groups attached to an aromatic ring is 1. The Labute approximate surface area is 172 Å². The van der Waals surface area contributed by atoms with Gasteiger partial charge in [0.2, 0.25) is 11.1 Å². The number of rotatable bonds is 8. The van der Waals surface area contributed by atoms with Crippen LogP contribution < -0.4 is 21.3 Å². The van der Waals surface area contributed by atoms with Crippen LogP contribution in [0.3, 0.4) is 0 Å². The zero-order valence-corrected chi connectivity index (χ0v) is 16.8. The lowest BCUT2D eigenvalue weighted by Gasteiger charge is -2.07. The van der Waals surface area contributed by atoms with E-state index in [-0.39, 0.29) is 17.6 Å². The summed E-state index contributed by atoms with van der Waals surface area (Å²) in [6, 6.07) is 15.0. The number of thioether (sulfide) groups is 1. The quantitative estimate of drug-likeness (QED) is 0.225. The van der Waals surface area contributed by atoms with Gasteiger partial charge in [-0.1, -0.05) is 42.1 Å². The minimum Gasteiger partial charge on any atom is -0.496 e. The largest absolute Gasteiger partial charge is 0.496 e. The number of hydrogen-bond acceptors (Lipinski definition) is 8. The van der Waals surface area contributed by atoms with Crippen molar-refractivity contribution in [3.8, 4) is 5.75 Å². The van der Waals surface area contributed by atoms with Gasteiger partial charge in [0.05, 0.1) is 19.1 Å². The molecule has 9 nitrogen and oxygen atoms in total. The van der Waals surface area contributed by atoms with Crippen molar-refractivity contribution in [3.05, 3.63) is 59.7 Å². The second-order valence-corrected chi connectivity index (χ2v) is 6.88. The lowest BCUT2D eigenvalue weighted by Crippen LogP contribution is -2.17. The average Bonchev–Trinajstić information content (AvgIpc) is 3.08. The van der Waals surface area contributed by atoms with E-state index in [0.717, 1.165) is 16.8 Å². The van der Waals surface area contributed by atoms with Crippen molar-refractivity contribution < 1.29 is 9.53 Å². The summed E-state index contributed by atoms with van der Waals surface area (Å²) in [6.07, 6.45) is 1.59. The number of benzene rings is 2. The van der Waals surface area contributed by atoms with Gasteiger partial charge in [0, 0.05) is 11.3 Å². The molecule has 2 aromatic carbocycles. The van der Waals surface area contributed by atoms with Crippen LogP contribution in [0.2, 0.25) is 0 Å². The fourth-order valence-corrected chi connectivity index (χ4v) is 3.07. The summed E-state index contributed by atoms with van der Waals surface area (Å²) in [5.41, 5.74) is 5.30. The molecule has 1 heterocycles. The van der Waals surface area contributed by atoms with Crippen molar-refractivity contribution in [2.45, 2.75) is 12.1 Å². The predicted molar refractivity (Wildman–Crippen MR) is 115 cm³/mol. The number of aromatic nitrogens is 3. The normalized spacial score (nSPS) is 10.8. The van der Waals surface area contributed by atoms with E-state index >= 15 is 0 Å². The smallest absolute Gasteiger partial charge is 0.264 e. The van der Waals surface area contributed by atoms with Crippen molar-refractivity contribution in [2.24, 2.45) is 5.10 Å². The summed E-state index contributed by atoms with van der Waals surface area (Å²) in [4.78, 5) is 12.2. The number of nitrogens with two attached hydrogens (primary N) is 1. The number of carbonyl (C=O) groups excluding carboxylic acids is 1. The number of carbonyl (C=O) groups is 1. The van der Waals surface area contributed by atoms with Gasteiger partial charge in [-0.3, -0.25) is 4.79 Å². The Balaban J connectivity index is 1.56. The number of amides is 1. The van der Waals surface area contributed by atoms with Gasteiger partial charge in [0.1, 0.15) is 5.75 Å². The highest BCUT2D eigenvalue weighted by Crippen LogP contribution is 2.19. The number of ether oxygens (including phenoxy) is 1. The highest BCUT2D eigenvalue weighted by molar-refractivity contribution is 7.99. The Kier molecular flexibility index (Phi) is 6.69. The summed E-state index contributed by atoms with van der Waals surface area (Å²) in [6.45, 7) is 1.93. The molecule has 150 valence electrons. The summed E-state index contributed by atoms with van der Waals surface area (Å²) in [7, 11) is 1.59. The SMILES string of the molecule is COc1ccccc1/C=N/Nc1nnc(SCC(=O)Nc2ccccc2C)n1N. The maximum atomic E-state index is 12.2. The average molecular weight is 411 g/mol. The Morgan fingerprint density at radius 3 is 2.79 bits per heavy atom. The molecule has 1 aromatic heterocycles. The molecule has 0 unspecified atom stereocenters. The molecular weight excluding hydrogens is 390 g/mol. The van der Waals surface area contributed by atoms with E-state index in [9.17, 15) is 4.79 Å². The molecule has 0 saturated heterocycles. The van der Waals surface area contributed by atoms with Gasteiger partial charge in [0.25, 0.3) is 5.95 Å². The fourth-order valence-electron chi connectivity index (χ4n) is 2.41. The monoisotopic (exact) mass is 411 g/mol. The predicted octanol–water partition coefficient (Wildman–Crippen LogP) is 2.49. The van der Waals surface area contributed by atoms with Gasteiger partial charge >= 0.3 is 0 Å². The molecule has 0 spiro atoms. The molecule has 0 aliphatic rings. The van der Waals surface area contributed by atoms with Crippen molar-refractivity contribution in [1.82, 2.24) is 14.9 Å². The van der Waals surface area contributed by atoms with Crippen molar-refractivity contribution in [2.75, 3.05) is 29.4 Å². The molecule has 0 atom stereocenters. The Hall–Kier alpha value is -3.53. The van der Waals surface area contributed by atoms with Gasteiger partial charge in [-0.25, -0.2) is 10.1 Å². The Morgan fingerprint density at radius 2 is 2.00 bits per heavy atom. The molecule has 3 rings (SSSR count). The highest BCUT2D eigenvalue weighted by atomic mass is 32.2. The van der Waals surface area contributed by atoms with Crippen LogP contribution in [0.1, 0.15) is 11.1 Å². The first-order valence-corrected chi connectivity index (χ1v) is 9.68. The van der Waals surface area contributed by atoms with Gasteiger partial charge in [-0.15, -0.1) is 10.2 Å². The van der Waals surface area contributed by atoms with Crippen LogP contribution in [0.4, 0.5) is 11.6 Å². The molecule has 0 aliphatic heterocycles. The molecule has 10 heteroatoms. The minimum absolute atomic E-state index is 0.147. The summed E-state index contributed by atoms with van der Waals surface area (Å²) < 4.78 is 6.50. The van der Waals surface area contributed by atoms with Crippen LogP contribution in [-0.4, -0.2) is 39.9 Å². The van der Waals surface area contributed by atoms with Crippen molar-refractivity contribution in [3.63, 3.8) is 0 Å². The van der Waals surface area contributed by atoms with E-state index in [1.54, 1.807) is 13.3 Å². The second kappa shape index (κ2) is 9.60. The summed E-state index contributed by atoms with van der Waals surface area (Å²) in [5, 5.41) is 15.3. The molecule has 3 aromatic rings. The van der Waals surface area contributed by atoms with Gasteiger partial charge < -0.3 is 15.9 Å². The van der Waals surface area contributed by atoms with Crippen LogP contribution in [0.15, 0.2) is 58.8 Å². The van der Waals surface area contributed by atoms with Crippen molar-refractivity contribution >= 4 is 35.5 Å². The first-order chi connectivity index (χ1) is 14.1. The van der Waals surface area contributed by atoms with Crippen LogP contribution in [-0.2, 0) is 4.79 Å². The molecule has 0 fully saturated rings. The van der Waals surface area contributed by atoms with Crippen LogP contribution in [0, 0.1) is 6.92 Å². The van der Waals surface area contributed by atoms with Crippen LogP contribution in [0.25, 0.3) is 0 Å². The molecule has 0 bridgehead atoms. The highest BCUT2D eigenvalue weighted by Gasteiger charge is 2.12. The maximum absolute atomic E-state index is 12.2. The zero-order valence-electron chi connectivity index (χ0n) is 16.0. The third-order valence-corrected chi connectivity index (χ3v) is 4.87. The first kappa shape index (κ1) is 20.2. The van der Waals surface area contributed by atoms with Gasteiger partial charge in [-0.05, 0) is 30.7 Å².